The zero-order chi connectivity index (χ0) is 11.4. The van der Waals surface area contributed by atoms with Gasteiger partial charge in [-0.25, -0.2) is 0 Å². The predicted molar refractivity (Wildman–Crippen MR) is 60.6 cm³/mol. The number of nitrogens with zero attached hydrogens (tertiary/aromatic N) is 1. The summed E-state index contributed by atoms with van der Waals surface area (Å²) in [4.78, 5) is 13.7. The van der Waals surface area contributed by atoms with Crippen LogP contribution in [0.5, 0.6) is 5.75 Å². The highest BCUT2D eigenvalue weighted by Gasteiger charge is 2.12. The van der Waals surface area contributed by atoms with Crippen molar-refractivity contribution in [3.63, 3.8) is 0 Å². The second kappa shape index (κ2) is 4.70. The molecule has 4 heteroatoms. The minimum absolute atomic E-state index is 0.0588. The summed E-state index contributed by atoms with van der Waals surface area (Å²) in [6, 6.07) is 7.17. The van der Waals surface area contributed by atoms with Crippen LogP contribution in [-0.4, -0.2) is 24.3 Å². The lowest BCUT2D eigenvalue weighted by Gasteiger charge is -2.12. The molecule has 0 amide bonds. The predicted octanol–water partition coefficient (Wildman–Crippen LogP) is 1.37. The Labute approximate surface area is 94.5 Å². The number of methoxy groups -OCH3 is 1. The van der Waals surface area contributed by atoms with Gasteiger partial charge in [0.15, 0.2) is 5.78 Å². The molecule has 0 aliphatic carbocycles. The molecule has 0 fully saturated rings. The molecule has 0 saturated heterocycles. The van der Waals surface area contributed by atoms with E-state index in [4.69, 9.17) is 4.74 Å². The van der Waals surface area contributed by atoms with E-state index in [0.717, 1.165) is 0 Å². The fourth-order valence-electron chi connectivity index (χ4n) is 1.47. The molecule has 0 aromatic heterocycles. The summed E-state index contributed by atoms with van der Waals surface area (Å²) in [7, 11) is 1.59. The number of nitrogens with one attached hydrogen (secondary N) is 1. The Bertz CT molecular complexity index is 415. The van der Waals surface area contributed by atoms with Gasteiger partial charge in [0.1, 0.15) is 12.4 Å². The normalized spacial score (nSPS) is 13.7. The smallest absolute Gasteiger partial charge is 0.182 e. The van der Waals surface area contributed by atoms with Crippen molar-refractivity contribution in [3.8, 4) is 5.75 Å². The average Bonchev–Trinajstić information content (AvgIpc) is 2.82. The summed E-state index contributed by atoms with van der Waals surface area (Å²) in [5.74, 6) is 0.758. The summed E-state index contributed by atoms with van der Waals surface area (Å²) in [5.41, 5.74) is 0.660. The lowest BCUT2D eigenvalue weighted by Crippen LogP contribution is -2.23. The largest absolute Gasteiger partial charge is 0.497 e. The molecule has 1 aromatic carbocycles. The van der Waals surface area contributed by atoms with Gasteiger partial charge in [-0.2, -0.15) is 0 Å². The van der Waals surface area contributed by atoms with Gasteiger partial charge in [-0.05, 0) is 12.1 Å². The lowest BCUT2D eigenvalue weighted by atomic mass is 10.1. The van der Waals surface area contributed by atoms with E-state index in [1.54, 1.807) is 37.0 Å². The van der Waals surface area contributed by atoms with Crippen LogP contribution < -0.4 is 10.1 Å². The van der Waals surface area contributed by atoms with Crippen molar-refractivity contribution in [2.75, 3.05) is 13.7 Å². The molecule has 4 nitrogen and oxygen atoms in total. The van der Waals surface area contributed by atoms with Crippen LogP contribution in [0.1, 0.15) is 10.4 Å². The Morgan fingerprint density at radius 1 is 1.50 bits per heavy atom. The first kappa shape index (κ1) is 10.5. The fourth-order valence-corrected chi connectivity index (χ4v) is 1.47. The zero-order valence-electron chi connectivity index (χ0n) is 9.01. The molecule has 1 aliphatic rings. The quantitative estimate of drug-likeness (QED) is 0.773. The monoisotopic (exact) mass is 217 g/mol. The van der Waals surface area contributed by atoms with E-state index in [9.17, 15) is 4.79 Å². The summed E-state index contributed by atoms with van der Waals surface area (Å²) in [5, 5.41) is 2.90. The van der Waals surface area contributed by atoms with Crippen molar-refractivity contribution in [3.05, 3.63) is 48.9 Å². The highest BCUT2D eigenvalue weighted by Crippen LogP contribution is 2.13. The molecule has 0 unspecified atom stereocenters. The maximum absolute atomic E-state index is 11.9. The number of carbonyl (C=O) groups excluding carboxylic acids is 1. The van der Waals surface area contributed by atoms with Gasteiger partial charge in [-0.3, -0.25) is 4.79 Å². The Hall–Kier alpha value is -1.97. The second-order valence-electron chi connectivity index (χ2n) is 3.44. The van der Waals surface area contributed by atoms with E-state index < -0.39 is 0 Å². The highest BCUT2D eigenvalue weighted by molar-refractivity contribution is 5.98. The third kappa shape index (κ3) is 2.34. The number of ketones is 1. The van der Waals surface area contributed by atoms with Crippen molar-refractivity contribution in [2.45, 2.75) is 0 Å². The SMILES string of the molecule is COc1cccc(C(=O)CN2[CH]NC=C2)c1. The van der Waals surface area contributed by atoms with Crippen LogP contribution in [0.15, 0.2) is 36.7 Å². The lowest BCUT2D eigenvalue weighted by molar-refractivity contribution is 0.0965. The molecule has 1 radical (unpaired) electrons. The van der Waals surface area contributed by atoms with Gasteiger partial charge in [-0.1, -0.05) is 12.1 Å². The number of Topliss-reactive ketones (excluding diaryl/α,β-unsaturated/α-hetero) is 1. The van der Waals surface area contributed by atoms with E-state index in [2.05, 4.69) is 5.32 Å². The topological polar surface area (TPSA) is 41.6 Å². The Kier molecular flexibility index (Phi) is 3.10. The molecular weight excluding hydrogens is 204 g/mol. The first-order valence-electron chi connectivity index (χ1n) is 4.98. The maximum atomic E-state index is 11.9. The third-order valence-corrected chi connectivity index (χ3v) is 2.32. The van der Waals surface area contributed by atoms with E-state index in [1.807, 2.05) is 18.3 Å². The van der Waals surface area contributed by atoms with Gasteiger partial charge < -0.3 is 15.0 Å². The van der Waals surface area contributed by atoms with Crippen LogP contribution in [0.4, 0.5) is 0 Å². The molecule has 16 heavy (non-hydrogen) atoms. The van der Waals surface area contributed by atoms with Crippen LogP contribution in [0.3, 0.4) is 0 Å². The number of hydrogen-bond acceptors (Lipinski definition) is 4. The number of carbonyl (C=O) groups is 1. The van der Waals surface area contributed by atoms with Crippen molar-refractivity contribution in [1.29, 1.82) is 0 Å². The molecule has 0 bridgehead atoms. The first-order valence-corrected chi connectivity index (χ1v) is 4.98. The summed E-state index contributed by atoms with van der Waals surface area (Å²) >= 11 is 0. The molecule has 1 aromatic rings. The first-order chi connectivity index (χ1) is 7.79. The van der Waals surface area contributed by atoms with Gasteiger partial charge in [0.2, 0.25) is 0 Å². The molecule has 0 atom stereocenters. The van der Waals surface area contributed by atoms with Crippen molar-refractivity contribution in [1.82, 2.24) is 10.2 Å². The van der Waals surface area contributed by atoms with Crippen LogP contribution in [0.2, 0.25) is 0 Å². The number of ether oxygens (including phenoxy) is 1. The number of hydrogen-bond donors (Lipinski definition) is 1. The van der Waals surface area contributed by atoms with Crippen LogP contribution in [-0.2, 0) is 0 Å². The fraction of sp³-hybridized carbons (Fsp3) is 0.167. The van der Waals surface area contributed by atoms with Gasteiger partial charge >= 0.3 is 0 Å². The van der Waals surface area contributed by atoms with Crippen molar-refractivity contribution < 1.29 is 9.53 Å². The van der Waals surface area contributed by atoms with Gasteiger partial charge in [0, 0.05) is 18.0 Å². The molecule has 1 heterocycles. The Morgan fingerprint density at radius 2 is 2.38 bits per heavy atom. The molecule has 0 saturated carbocycles. The standard InChI is InChI=1S/C12H13N2O2/c1-16-11-4-2-3-10(7-11)12(15)8-14-6-5-13-9-14/h2-7,9,13H,8H2,1H3. The summed E-state index contributed by atoms with van der Waals surface area (Å²) in [6.07, 6.45) is 3.59. The Balaban J connectivity index is 2.04. The van der Waals surface area contributed by atoms with Crippen LogP contribution >= 0.6 is 0 Å². The average molecular weight is 217 g/mol. The molecule has 1 aliphatic heterocycles. The van der Waals surface area contributed by atoms with Crippen molar-refractivity contribution in [2.24, 2.45) is 0 Å². The maximum Gasteiger partial charge on any atom is 0.182 e. The third-order valence-electron chi connectivity index (χ3n) is 2.32. The summed E-state index contributed by atoms with van der Waals surface area (Å²) < 4.78 is 5.08. The molecular formula is C12H13N2O2. The Morgan fingerprint density at radius 3 is 3.06 bits per heavy atom. The van der Waals surface area contributed by atoms with Gasteiger partial charge in [-0.15, -0.1) is 0 Å². The van der Waals surface area contributed by atoms with Crippen LogP contribution in [0.25, 0.3) is 0 Å². The second-order valence-corrected chi connectivity index (χ2v) is 3.44. The van der Waals surface area contributed by atoms with E-state index in [-0.39, 0.29) is 5.78 Å². The zero-order valence-corrected chi connectivity index (χ0v) is 9.01. The highest BCUT2D eigenvalue weighted by atomic mass is 16.5. The van der Waals surface area contributed by atoms with Crippen LogP contribution in [0, 0.1) is 6.67 Å². The minimum atomic E-state index is 0.0588. The summed E-state index contributed by atoms with van der Waals surface area (Å²) in [6.45, 7) is 2.08. The number of rotatable bonds is 4. The molecule has 2 rings (SSSR count). The number of benzene rings is 1. The molecule has 1 N–H and O–H groups in total. The molecule has 0 spiro atoms. The van der Waals surface area contributed by atoms with E-state index >= 15 is 0 Å². The molecule has 83 valence electrons. The van der Waals surface area contributed by atoms with Gasteiger partial charge in [0.25, 0.3) is 0 Å². The van der Waals surface area contributed by atoms with Crippen molar-refractivity contribution >= 4 is 5.78 Å². The van der Waals surface area contributed by atoms with E-state index in [0.29, 0.717) is 17.9 Å². The van der Waals surface area contributed by atoms with E-state index in [1.165, 1.54) is 0 Å². The van der Waals surface area contributed by atoms with Gasteiger partial charge in [0.05, 0.1) is 13.7 Å². The minimum Gasteiger partial charge on any atom is -0.497 e.